The second kappa shape index (κ2) is 5.76. The molecule has 1 aromatic carbocycles. The van der Waals surface area contributed by atoms with E-state index >= 15 is 0 Å². The van der Waals surface area contributed by atoms with Crippen LogP contribution in [0.2, 0.25) is 0 Å². The minimum absolute atomic E-state index is 0.0173. The summed E-state index contributed by atoms with van der Waals surface area (Å²) in [6, 6.07) is 10.9. The highest BCUT2D eigenvalue weighted by Gasteiger charge is 2.47. The largest absolute Gasteiger partial charge is 0.454 e. The first-order valence-electron chi connectivity index (χ1n) is 9.66. The fourth-order valence-corrected chi connectivity index (χ4v) is 4.84. The molecule has 0 radical (unpaired) electrons. The lowest BCUT2D eigenvalue weighted by Gasteiger charge is -2.46. The topological polar surface area (TPSA) is 63.5 Å². The molecule has 2 amide bonds. The van der Waals surface area contributed by atoms with Gasteiger partial charge in [0.15, 0.2) is 11.5 Å². The molecule has 0 N–H and O–H groups in total. The molecule has 7 heteroatoms. The van der Waals surface area contributed by atoms with Gasteiger partial charge in [-0.05, 0) is 35.4 Å². The number of aromatic nitrogens is 1. The van der Waals surface area contributed by atoms with Crippen LogP contribution in [0.5, 0.6) is 11.5 Å². The van der Waals surface area contributed by atoms with Gasteiger partial charge >= 0.3 is 0 Å². The van der Waals surface area contributed by atoms with E-state index in [1.54, 1.807) is 11.9 Å². The van der Waals surface area contributed by atoms with Crippen LogP contribution in [0.3, 0.4) is 0 Å². The Kier molecular flexibility index (Phi) is 3.27. The lowest BCUT2D eigenvalue weighted by atomic mass is 9.85. The van der Waals surface area contributed by atoms with Gasteiger partial charge in [0.1, 0.15) is 6.04 Å². The van der Waals surface area contributed by atoms with Gasteiger partial charge in [-0.25, -0.2) is 0 Å². The van der Waals surface area contributed by atoms with Crippen LogP contribution in [0.15, 0.2) is 48.8 Å². The zero-order chi connectivity index (χ0) is 19.7. The Morgan fingerprint density at radius 1 is 1.07 bits per heavy atom. The van der Waals surface area contributed by atoms with Crippen LogP contribution < -0.4 is 9.47 Å². The van der Waals surface area contributed by atoms with Gasteiger partial charge in [0, 0.05) is 36.9 Å². The monoisotopic (exact) mass is 389 g/mol. The Morgan fingerprint density at radius 2 is 1.93 bits per heavy atom. The molecule has 0 aliphatic carbocycles. The van der Waals surface area contributed by atoms with Crippen LogP contribution in [0.1, 0.15) is 22.7 Å². The number of likely N-dealkylation sites (N-methyl/N-ethyl adjacent to an activating group) is 1. The van der Waals surface area contributed by atoms with Crippen molar-refractivity contribution >= 4 is 17.3 Å². The summed E-state index contributed by atoms with van der Waals surface area (Å²) in [5, 5.41) is 0. The molecule has 1 fully saturated rings. The van der Waals surface area contributed by atoms with E-state index in [0.717, 1.165) is 22.2 Å². The van der Waals surface area contributed by atoms with Crippen molar-refractivity contribution in [1.29, 1.82) is 0 Å². The van der Waals surface area contributed by atoms with E-state index in [4.69, 9.17) is 9.47 Å². The second-order valence-corrected chi connectivity index (χ2v) is 7.79. The SMILES string of the molecule is CN1CC(=O)N2[C@H](c3ccc4c(c3)OCO4)c3cn4ccccc4c3C[C@@H]2C1=O. The molecule has 3 aliphatic heterocycles. The summed E-state index contributed by atoms with van der Waals surface area (Å²) in [4.78, 5) is 29.4. The maximum atomic E-state index is 13.1. The van der Waals surface area contributed by atoms with E-state index in [2.05, 4.69) is 16.7 Å². The molecular weight excluding hydrogens is 370 g/mol. The number of pyridine rings is 1. The van der Waals surface area contributed by atoms with Gasteiger partial charge in [-0.2, -0.15) is 0 Å². The zero-order valence-corrected chi connectivity index (χ0v) is 15.9. The predicted molar refractivity (Wildman–Crippen MR) is 104 cm³/mol. The van der Waals surface area contributed by atoms with E-state index in [0.29, 0.717) is 17.9 Å². The summed E-state index contributed by atoms with van der Waals surface area (Å²) in [7, 11) is 1.69. The number of benzene rings is 1. The third kappa shape index (κ3) is 2.24. The summed E-state index contributed by atoms with van der Waals surface area (Å²) in [5.74, 6) is 1.31. The second-order valence-electron chi connectivity index (χ2n) is 7.79. The first-order chi connectivity index (χ1) is 14.1. The van der Waals surface area contributed by atoms with Crippen molar-refractivity contribution in [3.8, 4) is 11.5 Å². The maximum Gasteiger partial charge on any atom is 0.245 e. The molecule has 2 atom stereocenters. The van der Waals surface area contributed by atoms with E-state index in [9.17, 15) is 9.59 Å². The number of amides is 2. The van der Waals surface area contributed by atoms with Gasteiger partial charge in [-0.15, -0.1) is 0 Å². The first kappa shape index (κ1) is 16.5. The molecule has 0 saturated carbocycles. The molecule has 146 valence electrons. The Bertz CT molecular complexity index is 1180. The van der Waals surface area contributed by atoms with Gasteiger partial charge in [-0.3, -0.25) is 9.59 Å². The number of fused-ring (bicyclic) bond motifs is 5. The van der Waals surface area contributed by atoms with Gasteiger partial charge in [-0.1, -0.05) is 12.1 Å². The molecular formula is C22H19N3O4. The van der Waals surface area contributed by atoms with Crippen LogP contribution in [0.25, 0.3) is 5.52 Å². The van der Waals surface area contributed by atoms with Crippen molar-refractivity contribution in [2.24, 2.45) is 0 Å². The highest BCUT2D eigenvalue weighted by molar-refractivity contribution is 5.96. The number of carbonyl (C=O) groups is 2. The van der Waals surface area contributed by atoms with Crippen molar-refractivity contribution in [2.45, 2.75) is 18.5 Å². The number of rotatable bonds is 1. The number of ether oxygens (including phenoxy) is 2. The lowest BCUT2D eigenvalue weighted by molar-refractivity contribution is -0.157. The van der Waals surface area contributed by atoms with Gasteiger partial charge in [0.05, 0.1) is 12.6 Å². The average Bonchev–Trinajstić information content (AvgIpc) is 3.34. The molecule has 29 heavy (non-hydrogen) atoms. The molecule has 0 spiro atoms. The number of nitrogens with zero attached hydrogens (tertiary/aromatic N) is 3. The molecule has 7 nitrogen and oxygen atoms in total. The summed E-state index contributed by atoms with van der Waals surface area (Å²) in [6.45, 7) is 0.290. The zero-order valence-electron chi connectivity index (χ0n) is 15.9. The highest BCUT2D eigenvalue weighted by Crippen LogP contribution is 2.44. The summed E-state index contributed by atoms with van der Waals surface area (Å²) in [6.07, 6.45) is 4.59. The van der Waals surface area contributed by atoms with Crippen LogP contribution >= 0.6 is 0 Å². The van der Waals surface area contributed by atoms with Crippen molar-refractivity contribution in [2.75, 3.05) is 20.4 Å². The molecule has 2 aromatic heterocycles. The van der Waals surface area contributed by atoms with Crippen LogP contribution in [-0.2, 0) is 16.0 Å². The molecule has 3 aliphatic rings. The summed E-state index contributed by atoms with van der Waals surface area (Å²) < 4.78 is 13.1. The Labute approximate surface area is 167 Å². The van der Waals surface area contributed by atoms with Crippen molar-refractivity contribution in [1.82, 2.24) is 14.2 Å². The van der Waals surface area contributed by atoms with E-state index < -0.39 is 6.04 Å². The van der Waals surface area contributed by atoms with Crippen molar-refractivity contribution in [3.63, 3.8) is 0 Å². The van der Waals surface area contributed by atoms with E-state index in [-0.39, 0.29) is 31.2 Å². The Morgan fingerprint density at radius 3 is 2.83 bits per heavy atom. The molecule has 6 rings (SSSR count). The van der Waals surface area contributed by atoms with Crippen molar-refractivity contribution < 1.29 is 19.1 Å². The minimum atomic E-state index is -0.504. The lowest BCUT2D eigenvalue weighted by Crippen LogP contribution is -2.61. The highest BCUT2D eigenvalue weighted by atomic mass is 16.7. The van der Waals surface area contributed by atoms with E-state index in [1.807, 2.05) is 36.5 Å². The van der Waals surface area contributed by atoms with Gasteiger partial charge in [0.2, 0.25) is 18.6 Å². The maximum absolute atomic E-state index is 13.1. The smallest absolute Gasteiger partial charge is 0.245 e. The quantitative estimate of drug-likeness (QED) is 0.639. The van der Waals surface area contributed by atoms with E-state index in [1.165, 1.54) is 4.90 Å². The molecule has 0 bridgehead atoms. The number of hydrogen-bond donors (Lipinski definition) is 0. The van der Waals surface area contributed by atoms with Crippen LogP contribution in [0, 0.1) is 0 Å². The normalized spacial score (nSPS) is 22.8. The predicted octanol–water partition coefficient (Wildman–Crippen LogP) is 1.98. The third-order valence-corrected chi connectivity index (χ3v) is 6.17. The number of hydrogen-bond acceptors (Lipinski definition) is 4. The fraction of sp³-hybridized carbons (Fsp3) is 0.273. The number of piperazine rings is 1. The van der Waals surface area contributed by atoms with Gasteiger partial charge in [0.25, 0.3) is 0 Å². The van der Waals surface area contributed by atoms with Crippen molar-refractivity contribution in [3.05, 3.63) is 65.5 Å². The first-order valence-corrected chi connectivity index (χ1v) is 9.66. The minimum Gasteiger partial charge on any atom is -0.454 e. The summed E-state index contributed by atoms with van der Waals surface area (Å²) in [5.41, 5.74) is 4.16. The molecule has 5 heterocycles. The Balaban J connectivity index is 1.59. The molecule has 1 saturated heterocycles. The molecule has 0 unspecified atom stereocenters. The van der Waals surface area contributed by atoms with Crippen LogP contribution in [0.4, 0.5) is 0 Å². The number of carbonyl (C=O) groups excluding carboxylic acids is 2. The van der Waals surface area contributed by atoms with Gasteiger partial charge < -0.3 is 23.7 Å². The fourth-order valence-electron chi connectivity index (χ4n) is 4.84. The Hall–Kier alpha value is -3.48. The standard InChI is InChI=1S/C22H19N3O4/c1-23-11-20(26)25-17(22(23)27)9-14-15(10-24-7-3-2-4-16(14)24)21(25)13-5-6-18-19(8-13)29-12-28-18/h2-8,10,17,21H,9,11-12H2,1H3/t17-,21-/m1/s1. The summed E-state index contributed by atoms with van der Waals surface area (Å²) >= 11 is 0. The average molecular weight is 389 g/mol. The molecule has 3 aromatic rings. The van der Waals surface area contributed by atoms with Crippen LogP contribution in [-0.4, -0.2) is 52.4 Å². The third-order valence-electron chi connectivity index (χ3n) is 6.17.